The van der Waals surface area contributed by atoms with Crippen LogP contribution in [0, 0.1) is 12.7 Å². The molecule has 1 nitrogen and oxygen atoms in total. The monoisotopic (exact) mass is 243 g/mol. The van der Waals surface area contributed by atoms with Crippen LogP contribution in [0.15, 0.2) is 42.5 Å². The van der Waals surface area contributed by atoms with Gasteiger partial charge in [0.05, 0.1) is 10.4 Å². The summed E-state index contributed by atoms with van der Waals surface area (Å²) >= 11 is 1.34. The quantitative estimate of drug-likeness (QED) is 0.617. The fraction of sp³-hybridized carbons (Fsp3) is 0.0714. The second-order valence-electron chi connectivity index (χ2n) is 3.99. The van der Waals surface area contributed by atoms with Crippen LogP contribution >= 0.6 is 11.5 Å². The number of aromatic nitrogens is 1. The maximum absolute atomic E-state index is 13.4. The first-order chi connectivity index (χ1) is 8.25. The van der Waals surface area contributed by atoms with Gasteiger partial charge < -0.3 is 0 Å². The third kappa shape index (κ3) is 1.72. The van der Waals surface area contributed by atoms with Gasteiger partial charge in [-0.15, -0.1) is 0 Å². The first-order valence-corrected chi connectivity index (χ1v) is 6.14. The number of benzene rings is 2. The van der Waals surface area contributed by atoms with E-state index >= 15 is 0 Å². The van der Waals surface area contributed by atoms with E-state index in [0.717, 1.165) is 21.3 Å². The lowest BCUT2D eigenvalue weighted by molar-refractivity contribution is 0.621. The highest BCUT2D eigenvalue weighted by molar-refractivity contribution is 7.13. The number of hydrogen-bond acceptors (Lipinski definition) is 2. The van der Waals surface area contributed by atoms with Crippen LogP contribution in [0.2, 0.25) is 0 Å². The Labute approximate surface area is 103 Å². The van der Waals surface area contributed by atoms with Gasteiger partial charge in [-0.3, -0.25) is 0 Å². The highest BCUT2D eigenvalue weighted by atomic mass is 32.1. The Bertz CT molecular complexity index is 673. The van der Waals surface area contributed by atoms with Gasteiger partial charge in [0.15, 0.2) is 0 Å². The molecule has 0 saturated carbocycles. The minimum Gasteiger partial charge on any atom is -0.207 e. The van der Waals surface area contributed by atoms with Crippen LogP contribution in [-0.2, 0) is 0 Å². The van der Waals surface area contributed by atoms with Crippen LogP contribution in [0.1, 0.15) is 5.56 Å². The first-order valence-electron chi connectivity index (χ1n) is 5.36. The van der Waals surface area contributed by atoms with E-state index in [9.17, 15) is 4.39 Å². The van der Waals surface area contributed by atoms with E-state index < -0.39 is 0 Å². The zero-order valence-electron chi connectivity index (χ0n) is 9.27. The van der Waals surface area contributed by atoms with Gasteiger partial charge in [-0.05, 0) is 36.2 Å². The Kier molecular flexibility index (Phi) is 2.41. The van der Waals surface area contributed by atoms with Crippen molar-refractivity contribution in [2.75, 3.05) is 0 Å². The van der Waals surface area contributed by atoms with Crippen molar-refractivity contribution in [3.05, 3.63) is 53.8 Å². The van der Waals surface area contributed by atoms with Gasteiger partial charge in [-0.2, -0.15) is 4.37 Å². The molecular formula is C14H10FNS. The molecule has 0 saturated heterocycles. The van der Waals surface area contributed by atoms with Gasteiger partial charge in [0.2, 0.25) is 0 Å². The van der Waals surface area contributed by atoms with Crippen molar-refractivity contribution in [3.63, 3.8) is 0 Å². The highest BCUT2D eigenvalue weighted by Crippen LogP contribution is 2.32. The molecule has 1 aromatic heterocycles. The van der Waals surface area contributed by atoms with Crippen LogP contribution in [0.4, 0.5) is 4.39 Å². The third-order valence-electron chi connectivity index (χ3n) is 2.80. The van der Waals surface area contributed by atoms with E-state index in [1.54, 1.807) is 13.0 Å². The summed E-state index contributed by atoms with van der Waals surface area (Å²) in [6.07, 6.45) is 0. The fourth-order valence-corrected chi connectivity index (χ4v) is 2.68. The lowest BCUT2D eigenvalue weighted by atomic mass is 10.1. The van der Waals surface area contributed by atoms with Gasteiger partial charge in [-0.1, -0.05) is 30.3 Å². The summed E-state index contributed by atoms with van der Waals surface area (Å²) in [6, 6.07) is 13.4. The van der Waals surface area contributed by atoms with Crippen LogP contribution < -0.4 is 0 Å². The minimum atomic E-state index is -0.166. The van der Waals surface area contributed by atoms with Gasteiger partial charge in [-0.25, -0.2) is 4.39 Å². The summed E-state index contributed by atoms with van der Waals surface area (Å²) in [6.45, 7) is 1.78. The fourth-order valence-electron chi connectivity index (χ4n) is 1.87. The summed E-state index contributed by atoms with van der Waals surface area (Å²) in [7, 11) is 0. The molecule has 2 aromatic carbocycles. The predicted octanol–water partition coefficient (Wildman–Crippen LogP) is 4.41. The van der Waals surface area contributed by atoms with Crippen molar-refractivity contribution in [1.29, 1.82) is 0 Å². The SMILES string of the molecule is Cc1cc2c(-c3ccccc3)nsc2cc1F. The molecule has 3 aromatic rings. The highest BCUT2D eigenvalue weighted by Gasteiger charge is 2.10. The van der Waals surface area contributed by atoms with Gasteiger partial charge in [0.1, 0.15) is 5.82 Å². The van der Waals surface area contributed by atoms with Gasteiger partial charge in [0.25, 0.3) is 0 Å². The topological polar surface area (TPSA) is 12.9 Å². The van der Waals surface area contributed by atoms with E-state index in [2.05, 4.69) is 4.37 Å². The van der Waals surface area contributed by atoms with Crippen LogP contribution in [-0.4, -0.2) is 4.37 Å². The van der Waals surface area contributed by atoms with Gasteiger partial charge in [0, 0.05) is 10.9 Å². The van der Waals surface area contributed by atoms with Crippen molar-refractivity contribution < 1.29 is 4.39 Å². The standard InChI is InChI=1S/C14H10FNS/c1-9-7-11-13(8-12(9)15)17-16-14(11)10-5-3-2-4-6-10/h2-8H,1H3. The number of nitrogens with zero attached hydrogens (tertiary/aromatic N) is 1. The Morgan fingerprint density at radius 1 is 1.12 bits per heavy atom. The molecule has 1 heterocycles. The molecule has 17 heavy (non-hydrogen) atoms. The maximum atomic E-state index is 13.4. The molecule has 0 aliphatic heterocycles. The smallest absolute Gasteiger partial charge is 0.127 e. The predicted molar refractivity (Wildman–Crippen MR) is 69.8 cm³/mol. The lowest BCUT2D eigenvalue weighted by Crippen LogP contribution is -1.82. The molecule has 0 bridgehead atoms. The number of aryl methyl sites for hydroxylation is 1. The average molecular weight is 243 g/mol. The summed E-state index contributed by atoms with van der Waals surface area (Å²) in [4.78, 5) is 0. The van der Waals surface area contributed by atoms with Crippen LogP contribution in [0.3, 0.4) is 0 Å². The zero-order chi connectivity index (χ0) is 11.8. The molecule has 84 valence electrons. The lowest BCUT2D eigenvalue weighted by Gasteiger charge is -1.99. The molecule has 0 atom stereocenters. The largest absolute Gasteiger partial charge is 0.207 e. The Balaban J connectivity index is 2.29. The number of rotatable bonds is 1. The summed E-state index contributed by atoms with van der Waals surface area (Å²) in [5.74, 6) is -0.166. The average Bonchev–Trinajstić information content (AvgIpc) is 2.74. The molecule has 0 spiro atoms. The van der Waals surface area contributed by atoms with Gasteiger partial charge >= 0.3 is 0 Å². The molecule has 0 aliphatic rings. The van der Waals surface area contributed by atoms with E-state index in [1.165, 1.54) is 11.5 Å². The molecule has 0 fully saturated rings. The molecule has 0 amide bonds. The van der Waals surface area contributed by atoms with Crippen molar-refractivity contribution in [2.24, 2.45) is 0 Å². The number of hydrogen-bond donors (Lipinski definition) is 0. The Morgan fingerprint density at radius 3 is 2.65 bits per heavy atom. The second kappa shape index (κ2) is 3.93. The summed E-state index contributed by atoms with van der Waals surface area (Å²) in [5, 5.41) is 1.03. The van der Waals surface area contributed by atoms with Crippen molar-refractivity contribution >= 4 is 21.6 Å². The molecule has 0 unspecified atom stereocenters. The van der Waals surface area contributed by atoms with Crippen molar-refractivity contribution in [1.82, 2.24) is 4.37 Å². The minimum absolute atomic E-state index is 0.166. The molecular weight excluding hydrogens is 233 g/mol. The van der Waals surface area contributed by atoms with E-state index in [1.807, 2.05) is 36.4 Å². The van der Waals surface area contributed by atoms with E-state index in [4.69, 9.17) is 0 Å². The van der Waals surface area contributed by atoms with Crippen molar-refractivity contribution in [3.8, 4) is 11.3 Å². The van der Waals surface area contributed by atoms with E-state index in [0.29, 0.717) is 5.56 Å². The van der Waals surface area contributed by atoms with Crippen molar-refractivity contribution in [2.45, 2.75) is 6.92 Å². The first kappa shape index (κ1) is 10.4. The number of halogens is 1. The Hall–Kier alpha value is -1.74. The molecule has 3 rings (SSSR count). The molecule has 0 radical (unpaired) electrons. The van der Waals surface area contributed by atoms with E-state index in [-0.39, 0.29) is 5.82 Å². The molecule has 3 heteroatoms. The normalized spacial score (nSPS) is 10.9. The van der Waals surface area contributed by atoms with Crippen LogP contribution in [0.5, 0.6) is 0 Å². The number of fused-ring (bicyclic) bond motifs is 1. The third-order valence-corrected chi connectivity index (χ3v) is 3.61. The molecule has 0 aliphatic carbocycles. The molecule has 0 N–H and O–H groups in total. The van der Waals surface area contributed by atoms with Crippen LogP contribution in [0.25, 0.3) is 21.3 Å². The maximum Gasteiger partial charge on any atom is 0.127 e. The summed E-state index contributed by atoms with van der Waals surface area (Å²) in [5.41, 5.74) is 2.67. The Morgan fingerprint density at radius 2 is 1.88 bits per heavy atom. The second-order valence-corrected chi connectivity index (χ2v) is 4.80. The zero-order valence-corrected chi connectivity index (χ0v) is 10.1. The summed E-state index contributed by atoms with van der Waals surface area (Å²) < 4.78 is 18.8.